The first-order valence-electron chi connectivity index (χ1n) is 6.74. The number of carbonyl (C=O) groups excluding carboxylic acids is 1. The van der Waals surface area contributed by atoms with Crippen LogP contribution < -0.4 is 10.6 Å². The van der Waals surface area contributed by atoms with Crippen LogP contribution in [0.3, 0.4) is 0 Å². The number of nitro benzene ring substituents is 1. The standard InChI is InChI=1S/C16H12FN3O3S/c17-12-7-4-11(5-8-12)6-9-15(21)19-16(24)18-13-2-1-3-14(10-13)20(22)23/h1-10H,(H2,18,19,21,24)/b9-6+. The zero-order chi connectivity index (χ0) is 17.5. The van der Waals surface area contributed by atoms with Crippen molar-refractivity contribution in [3.05, 3.63) is 76.1 Å². The Bertz CT molecular complexity index is 806. The van der Waals surface area contributed by atoms with Crippen molar-refractivity contribution in [2.75, 3.05) is 5.32 Å². The van der Waals surface area contributed by atoms with E-state index in [9.17, 15) is 19.3 Å². The molecule has 0 aliphatic heterocycles. The second kappa shape index (κ2) is 7.93. The van der Waals surface area contributed by atoms with Gasteiger partial charge in [-0.3, -0.25) is 20.2 Å². The lowest BCUT2D eigenvalue weighted by Gasteiger charge is -2.07. The first kappa shape index (κ1) is 17.2. The molecular formula is C16H12FN3O3S. The number of halogens is 1. The molecule has 0 spiro atoms. The van der Waals surface area contributed by atoms with Gasteiger partial charge in [-0.25, -0.2) is 4.39 Å². The van der Waals surface area contributed by atoms with E-state index in [4.69, 9.17) is 12.2 Å². The Morgan fingerprint density at radius 3 is 2.58 bits per heavy atom. The summed E-state index contributed by atoms with van der Waals surface area (Å²) in [6.07, 6.45) is 2.75. The van der Waals surface area contributed by atoms with Crippen LogP contribution in [-0.2, 0) is 4.79 Å². The fourth-order valence-corrected chi connectivity index (χ4v) is 1.98. The Morgan fingerprint density at radius 2 is 1.92 bits per heavy atom. The van der Waals surface area contributed by atoms with Gasteiger partial charge < -0.3 is 5.32 Å². The van der Waals surface area contributed by atoms with E-state index in [0.717, 1.165) is 0 Å². The van der Waals surface area contributed by atoms with Crippen molar-refractivity contribution in [3.63, 3.8) is 0 Å². The number of nitrogens with one attached hydrogen (secondary N) is 2. The maximum absolute atomic E-state index is 12.8. The van der Waals surface area contributed by atoms with Crippen LogP contribution in [0.15, 0.2) is 54.6 Å². The van der Waals surface area contributed by atoms with Gasteiger partial charge in [0.15, 0.2) is 5.11 Å². The minimum atomic E-state index is -0.530. The SMILES string of the molecule is O=C(/C=C/c1ccc(F)cc1)NC(=S)Nc1cccc([N+](=O)[O-])c1. The Hall–Kier alpha value is -3.13. The van der Waals surface area contributed by atoms with Crippen molar-refractivity contribution in [1.82, 2.24) is 5.32 Å². The van der Waals surface area contributed by atoms with Crippen LogP contribution in [0.2, 0.25) is 0 Å². The van der Waals surface area contributed by atoms with E-state index < -0.39 is 10.8 Å². The Kier molecular flexibility index (Phi) is 5.69. The molecule has 0 aromatic heterocycles. The minimum Gasteiger partial charge on any atom is -0.332 e. The summed E-state index contributed by atoms with van der Waals surface area (Å²) < 4.78 is 12.8. The van der Waals surface area contributed by atoms with E-state index in [1.54, 1.807) is 6.07 Å². The molecule has 0 unspecified atom stereocenters. The van der Waals surface area contributed by atoms with Gasteiger partial charge in [0.2, 0.25) is 5.91 Å². The number of nitrogens with zero attached hydrogens (tertiary/aromatic N) is 1. The van der Waals surface area contributed by atoms with Crippen LogP contribution in [0.25, 0.3) is 6.08 Å². The van der Waals surface area contributed by atoms with E-state index >= 15 is 0 Å². The van der Waals surface area contributed by atoms with Gasteiger partial charge in [-0.2, -0.15) is 0 Å². The minimum absolute atomic E-state index is 0.00394. The van der Waals surface area contributed by atoms with Crippen molar-refractivity contribution in [1.29, 1.82) is 0 Å². The van der Waals surface area contributed by atoms with Gasteiger partial charge >= 0.3 is 0 Å². The van der Waals surface area contributed by atoms with Crippen molar-refractivity contribution >= 4 is 40.7 Å². The number of benzene rings is 2. The highest BCUT2D eigenvalue weighted by Gasteiger charge is 2.07. The third-order valence-electron chi connectivity index (χ3n) is 2.85. The van der Waals surface area contributed by atoms with E-state index in [0.29, 0.717) is 11.3 Å². The van der Waals surface area contributed by atoms with Crippen molar-refractivity contribution in [3.8, 4) is 0 Å². The summed E-state index contributed by atoms with van der Waals surface area (Å²) in [7, 11) is 0. The molecule has 0 saturated carbocycles. The molecule has 0 heterocycles. The van der Waals surface area contributed by atoms with Gasteiger partial charge in [0.25, 0.3) is 5.69 Å². The van der Waals surface area contributed by atoms with Crippen molar-refractivity contribution in [2.24, 2.45) is 0 Å². The average Bonchev–Trinajstić information content (AvgIpc) is 2.54. The molecule has 2 aromatic carbocycles. The van der Waals surface area contributed by atoms with E-state index in [2.05, 4.69) is 10.6 Å². The smallest absolute Gasteiger partial charge is 0.271 e. The molecule has 8 heteroatoms. The molecule has 2 rings (SSSR count). The molecule has 6 nitrogen and oxygen atoms in total. The largest absolute Gasteiger partial charge is 0.332 e. The number of nitro groups is 1. The molecule has 0 fully saturated rings. The summed E-state index contributed by atoms with van der Waals surface area (Å²) >= 11 is 4.97. The highest BCUT2D eigenvalue weighted by Crippen LogP contribution is 2.16. The van der Waals surface area contributed by atoms with Gasteiger partial charge in [-0.05, 0) is 42.1 Å². The summed E-state index contributed by atoms with van der Waals surface area (Å²) in [5.41, 5.74) is 0.950. The molecule has 2 aromatic rings. The molecule has 1 amide bonds. The predicted octanol–water partition coefficient (Wildman–Crippen LogP) is 3.26. The summed E-state index contributed by atoms with van der Waals surface area (Å²) in [5.74, 6) is -0.846. The molecule has 0 aliphatic carbocycles. The Labute approximate surface area is 142 Å². The van der Waals surface area contributed by atoms with E-state index in [1.807, 2.05) is 0 Å². The fourth-order valence-electron chi connectivity index (χ4n) is 1.76. The van der Waals surface area contributed by atoms with Crippen LogP contribution in [-0.4, -0.2) is 15.9 Å². The fraction of sp³-hybridized carbons (Fsp3) is 0. The van der Waals surface area contributed by atoms with Crippen LogP contribution in [0.4, 0.5) is 15.8 Å². The lowest BCUT2D eigenvalue weighted by molar-refractivity contribution is -0.384. The Morgan fingerprint density at radius 1 is 1.21 bits per heavy atom. The first-order chi connectivity index (χ1) is 11.4. The summed E-state index contributed by atoms with van der Waals surface area (Å²) in [4.78, 5) is 21.9. The van der Waals surface area contributed by atoms with Crippen LogP contribution in [0, 0.1) is 15.9 Å². The number of hydrogen-bond acceptors (Lipinski definition) is 4. The normalized spacial score (nSPS) is 10.4. The molecular weight excluding hydrogens is 333 g/mol. The van der Waals surface area contributed by atoms with Crippen LogP contribution >= 0.6 is 12.2 Å². The second-order valence-corrected chi connectivity index (χ2v) is 5.04. The number of non-ortho nitro benzene ring substituents is 1. The first-order valence-corrected chi connectivity index (χ1v) is 7.15. The number of amides is 1. The van der Waals surface area contributed by atoms with Crippen molar-refractivity contribution < 1.29 is 14.1 Å². The third-order valence-corrected chi connectivity index (χ3v) is 3.05. The lowest BCUT2D eigenvalue weighted by atomic mass is 10.2. The highest BCUT2D eigenvalue weighted by molar-refractivity contribution is 7.80. The van der Waals surface area contributed by atoms with Crippen LogP contribution in [0.5, 0.6) is 0 Å². The highest BCUT2D eigenvalue weighted by atomic mass is 32.1. The molecule has 122 valence electrons. The van der Waals surface area contributed by atoms with Gasteiger partial charge in [0.1, 0.15) is 5.82 Å². The molecule has 0 aliphatic rings. The molecule has 0 saturated heterocycles. The monoisotopic (exact) mass is 345 g/mol. The predicted molar refractivity (Wildman–Crippen MR) is 92.9 cm³/mol. The summed E-state index contributed by atoms with van der Waals surface area (Å²) in [6, 6.07) is 11.3. The maximum atomic E-state index is 12.8. The number of thiocarbonyl (C=S) groups is 1. The zero-order valence-corrected chi connectivity index (χ0v) is 13.0. The van der Waals surface area contributed by atoms with Crippen molar-refractivity contribution in [2.45, 2.75) is 0 Å². The number of rotatable bonds is 4. The summed E-state index contributed by atoms with van der Waals surface area (Å²) in [6.45, 7) is 0. The number of hydrogen-bond donors (Lipinski definition) is 2. The quantitative estimate of drug-likeness (QED) is 0.385. The second-order valence-electron chi connectivity index (χ2n) is 4.64. The summed E-state index contributed by atoms with van der Waals surface area (Å²) in [5, 5.41) is 15.8. The maximum Gasteiger partial charge on any atom is 0.271 e. The lowest BCUT2D eigenvalue weighted by Crippen LogP contribution is -2.32. The molecule has 0 atom stereocenters. The van der Waals surface area contributed by atoms with Crippen LogP contribution in [0.1, 0.15) is 5.56 Å². The van der Waals surface area contributed by atoms with Gasteiger partial charge in [-0.15, -0.1) is 0 Å². The molecule has 0 bridgehead atoms. The average molecular weight is 345 g/mol. The molecule has 2 N–H and O–H groups in total. The van der Waals surface area contributed by atoms with Gasteiger partial charge in [0.05, 0.1) is 4.92 Å². The van der Waals surface area contributed by atoms with E-state index in [-0.39, 0.29) is 16.6 Å². The molecule has 24 heavy (non-hydrogen) atoms. The topological polar surface area (TPSA) is 84.3 Å². The zero-order valence-electron chi connectivity index (χ0n) is 12.2. The number of carbonyl (C=O) groups is 1. The third kappa shape index (κ3) is 5.25. The van der Waals surface area contributed by atoms with Gasteiger partial charge in [-0.1, -0.05) is 18.2 Å². The number of anilines is 1. The molecule has 0 radical (unpaired) electrons. The van der Waals surface area contributed by atoms with Gasteiger partial charge in [0, 0.05) is 23.9 Å². The Balaban J connectivity index is 1.92. The van der Waals surface area contributed by atoms with E-state index in [1.165, 1.54) is 54.6 Å².